The second-order valence-corrected chi connectivity index (χ2v) is 6.02. The largest absolute Gasteiger partial charge is 0.479 e. The molecule has 1 atom stereocenters. The molecule has 0 aliphatic carbocycles. The molecule has 2 aromatic carbocycles. The van der Waals surface area contributed by atoms with Crippen molar-refractivity contribution >= 4 is 18.0 Å². The van der Waals surface area contributed by atoms with Crippen molar-refractivity contribution in [2.24, 2.45) is 0 Å². The first-order valence-electron chi connectivity index (χ1n) is 8.11. The third-order valence-corrected chi connectivity index (χ3v) is 3.94. The Labute approximate surface area is 154 Å². The summed E-state index contributed by atoms with van der Waals surface area (Å²) >= 11 is 0. The molecule has 2 rings (SSSR count). The van der Waals surface area contributed by atoms with E-state index in [1.54, 1.807) is 72.1 Å². The number of rotatable bonds is 7. The normalized spacial score (nSPS) is 13.9. The molecule has 0 heterocycles. The van der Waals surface area contributed by atoms with E-state index in [-0.39, 0.29) is 12.8 Å². The minimum absolute atomic E-state index is 0.288. The molecule has 2 N–H and O–H groups in total. The maximum atomic E-state index is 12.7. The van der Waals surface area contributed by atoms with Gasteiger partial charge in [0.1, 0.15) is 5.54 Å². The number of alkyl halides is 3. The van der Waals surface area contributed by atoms with Gasteiger partial charge in [-0.15, -0.1) is 0 Å². The van der Waals surface area contributed by atoms with Crippen LogP contribution in [0.1, 0.15) is 17.5 Å². The number of hydrogen-bond acceptors (Lipinski definition) is 2. The van der Waals surface area contributed by atoms with Gasteiger partial charge in [-0.1, -0.05) is 72.8 Å². The fourth-order valence-corrected chi connectivity index (χ4v) is 2.58. The second kappa shape index (κ2) is 8.53. The molecule has 0 unspecified atom stereocenters. The summed E-state index contributed by atoms with van der Waals surface area (Å²) in [5.41, 5.74) is -0.867. The fraction of sp³-hybridized carbons (Fsp3) is 0.200. The third-order valence-electron chi connectivity index (χ3n) is 3.94. The van der Waals surface area contributed by atoms with Gasteiger partial charge in [-0.2, -0.15) is 13.2 Å². The highest BCUT2D eigenvalue weighted by atomic mass is 19.4. The minimum atomic E-state index is -5.18. The van der Waals surface area contributed by atoms with E-state index in [2.05, 4.69) is 0 Å². The average molecular weight is 377 g/mol. The Morgan fingerprint density at radius 1 is 0.963 bits per heavy atom. The van der Waals surface area contributed by atoms with Crippen LogP contribution < -0.4 is 5.32 Å². The second-order valence-electron chi connectivity index (χ2n) is 6.02. The minimum Gasteiger partial charge on any atom is -0.479 e. The molecule has 27 heavy (non-hydrogen) atoms. The summed E-state index contributed by atoms with van der Waals surface area (Å²) in [6.07, 6.45) is -2.73. The van der Waals surface area contributed by atoms with Gasteiger partial charge >= 0.3 is 18.1 Å². The van der Waals surface area contributed by atoms with Crippen molar-refractivity contribution in [3.05, 3.63) is 77.9 Å². The summed E-state index contributed by atoms with van der Waals surface area (Å²) in [4.78, 5) is 23.4. The van der Waals surface area contributed by atoms with Gasteiger partial charge in [0.25, 0.3) is 0 Å². The monoisotopic (exact) mass is 377 g/mol. The number of carbonyl (C=O) groups is 2. The number of aliphatic carboxylic acids is 1. The topological polar surface area (TPSA) is 66.4 Å². The number of carbonyl (C=O) groups excluding carboxylic acids is 1. The predicted molar refractivity (Wildman–Crippen MR) is 94.8 cm³/mol. The number of nitrogens with one attached hydrogen (secondary N) is 1. The Bertz CT molecular complexity index is 804. The summed E-state index contributed by atoms with van der Waals surface area (Å²) in [6.45, 7) is 0. The van der Waals surface area contributed by atoms with Crippen LogP contribution in [-0.2, 0) is 16.0 Å². The highest BCUT2D eigenvalue weighted by Crippen LogP contribution is 2.23. The lowest BCUT2D eigenvalue weighted by Gasteiger charge is -2.30. The number of amides is 1. The zero-order valence-electron chi connectivity index (χ0n) is 14.2. The molecule has 0 fully saturated rings. The number of carboxylic acid groups (broad SMARTS) is 1. The van der Waals surface area contributed by atoms with E-state index in [4.69, 9.17) is 0 Å². The molecular weight excluding hydrogens is 359 g/mol. The van der Waals surface area contributed by atoms with Crippen LogP contribution >= 0.6 is 0 Å². The van der Waals surface area contributed by atoms with Crippen LogP contribution in [0.4, 0.5) is 13.2 Å². The molecule has 0 saturated heterocycles. The zero-order chi connectivity index (χ0) is 19.9. The first kappa shape index (κ1) is 20.2. The molecule has 1 amide bonds. The Hall–Kier alpha value is -3.09. The molecule has 142 valence electrons. The van der Waals surface area contributed by atoms with Crippen molar-refractivity contribution in [2.45, 2.75) is 24.6 Å². The lowest BCUT2D eigenvalue weighted by molar-refractivity contribution is -0.177. The summed E-state index contributed by atoms with van der Waals surface area (Å²) in [7, 11) is 0. The Morgan fingerprint density at radius 3 is 2.04 bits per heavy atom. The van der Waals surface area contributed by atoms with Crippen LogP contribution in [0.5, 0.6) is 0 Å². The Balaban J connectivity index is 2.33. The quantitative estimate of drug-likeness (QED) is 0.771. The first-order chi connectivity index (χ1) is 12.7. The number of hydrogen-bond donors (Lipinski definition) is 2. The van der Waals surface area contributed by atoms with E-state index in [1.807, 2.05) is 0 Å². The van der Waals surface area contributed by atoms with Gasteiger partial charge in [0, 0.05) is 6.42 Å². The maximum Gasteiger partial charge on any atom is 0.471 e. The highest BCUT2D eigenvalue weighted by molar-refractivity contribution is 5.90. The molecular formula is C20H18F3NO3. The maximum absolute atomic E-state index is 12.7. The molecule has 0 aliphatic rings. The molecule has 0 aromatic heterocycles. The van der Waals surface area contributed by atoms with E-state index >= 15 is 0 Å². The van der Waals surface area contributed by atoms with Crippen LogP contribution in [0.2, 0.25) is 0 Å². The first-order valence-corrected chi connectivity index (χ1v) is 8.11. The van der Waals surface area contributed by atoms with Gasteiger partial charge in [-0.3, -0.25) is 4.79 Å². The summed E-state index contributed by atoms with van der Waals surface area (Å²) in [5, 5.41) is 11.4. The lowest BCUT2D eigenvalue weighted by Crippen LogP contribution is -2.58. The van der Waals surface area contributed by atoms with Gasteiger partial charge in [0.05, 0.1) is 0 Å². The third kappa shape index (κ3) is 5.70. The predicted octanol–water partition coefficient (Wildman–Crippen LogP) is 3.83. The number of benzene rings is 2. The summed E-state index contributed by atoms with van der Waals surface area (Å²) in [5.74, 6) is -3.82. The van der Waals surface area contributed by atoms with Crippen molar-refractivity contribution in [3.8, 4) is 0 Å². The average Bonchev–Trinajstić information content (AvgIpc) is 2.62. The van der Waals surface area contributed by atoms with E-state index < -0.39 is 23.6 Å². The van der Waals surface area contributed by atoms with Gasteiger partial charge < -0.3 is 10.4 Å². The molecule has 0 aliphatic heterocycles. The Kier molecular flexibility index (Phi) is 6.39. The van der Waals surface area contributed by atoms with E-state index in [0.717, 1.165) is 5.56 Å². The molecule has 0 saturated carbocycles. The van der Waals surface area contributed by atoms with E-state index in [1.165, 1.54) is 6.08 Å². The van der Waals surface area contributed by atoms with Crippen molar-refractivity contribution in [2.75, 3.05) is 0 Å². The SMILES string of the molecule is O=C(N[C@](C/C=C/c1ccccc1)(Cc1ccccc1)C(=O)O)C(F)(F)F. The van der Waals surface area contributed by atoms with Gasteiger partial charge in [0.15, 0.2) is 0 Å². The van der Waals surface area contributed by atoms with Crippen LogP contribution in [0, 0.1) is 0 Å². The fourth-order valence-electron chi connectivity index (χ4n) is 2.58. The summed E-state index contributed by atoms with van der Waals surface area (Å²) < 4.78 is 38.2. The number of carboxylic acids is 1. The molecule has 2 aromatic rings. The van der Waals surface area contributed by atoms with Crippen molar-refractivity contribution in [1.82, 2.24) is 5.32 Å². The van der Waals surface area contributed by atoms with Gasteiger partial charge in [-0.25, -0.2) is 4.79 Å². The van der Waals surface area contributed by atoms with Crippen LogP contribution in [-0.4, -0.2) is 28.7 Å². The molecule has 7 heteroatoms. The van der Waals surface area contributed by atoms with Gasteiger partial charge in [0.2, 0.25) is 0 Å². The highest BCUT2D eigenvalue weighted by Gasteiger charge is 2.47. The lowest BCUT2D eigenvalue weighted by atomic mass is 9.86. The van der Waals surface area contributed by atoms with Crippen LogP contribution in [0.15, 0.2) is 66.7 Å². The van der Waals surface area contributed by atoms with Crippen molar-refractivity contribution in [1.29, 1.82) is 0 Å². The number of halogens is 3. The Morgan fingerprint density at radius 2 is 1.52 bits per heavy atom. The van der Waals surface area contributed by atoms with Crippen molar-refractivity contribution in [3.63, 3.8) is 0 Å². The van der Waals surface area contributed by atoms with Gasteiger partial charge in [-0.05, 0) is 17.5 Å². The standard InChI is InChI=1S/C20H18F3NO3/c21-20(22,23)17(25)24-19(18(26)27,14-16-10-5-2-6-11-16)13-7-12-15-8-3-1-4-9-15/h1-12H,13-14H2,(H,24,25)(H,26,27)/b12-7+/t19-/m1/s1. The van der Waals surface area contributed by atoms with Crippen molar-refractivity contribution < 1.29 is 27.9 Å². The molecule has 0 radical (unpaired) electrons. The molecule has 4 nitrogen and oxygen atoms in total. The summed E-state index contributed by atoms with van der Waals surface area (Å²) in [6, 6.07) is 17.1. The smallest absolute Gasteiger partial charge is 0.471 e. The molecule has 0 spiro atoms. The zero-order valence-corrected chi connectivity index (χ0v) is 14.2. The van der Waals surface area contributed by atoms with Crippen LogP contribution in [0.25, 0.3) is 6.08 Å². The molecule has 0 bridgehead atoms. The van der Waals surface area contributed by atoms with E-state index in [9.17, 15) is 27.9 Å². The van der Waals surface area contributed by atoms with Crippen LogP contribution in [0.3, 0.4) is 0 Å². The van der Waals surface area contributed by atoms with E-state index in [0.29, 0.717) is 5.56 Å².